The Bertz CT molecular complexity index is 1220. The third kappa shape index (κ3) is 4.79. The summed E-state index contributed by atoms with van der Waals surface area (Å²) in [4.78, 5) is 37.1. The van der Waals surface area contributed by atoms with Crippen molar-refractivity contribution in [1.29, 1.82) is 0 Å². The number of nitrogens with one attached hydrogen (secondary N) is 1. The van der Waals surface area contributed by atoms with Crippen LogP contribution in [0.4, 0.5) is 17.1 Å². The second-order valence-electron chi connectivity index (χ2n) is 7.12. The van der Waals surface area contributed by atoms with Crippen molar-refractivity contribution in [2.45, 2.75) is 5.37 Å². The monoisotopic (exact) mass is 483 g/mol. The number of hydrogen-bond acceptors (Lipinski definition) is 6. The van der Waals surface area contributed by atoms with Crippen LogP contribution >= 0.6 is 23.4 Å². The molecule has 0 radical (unpaired) electrons. The van der Waals surface area contributed by atoms with Crippen molar-refractivity contribution in [3.63, 3.8) is 0 Å². The number of ether oxygens (including phenoxy) is 1. The molecule has 1 heterocycles. The van der Waals surface area contributed by atoms with E-state index in [9.17, 15) is 19.7 Å². The van der Waals surface area contributed by atoms with Crippen LogP contribution in [0.25, 0.3) is 0 Å². The van der Waals surface area contributed by atoms with Crippen LogP contribution in [0.2, 0.25) is 5.02 Å². The number of nitro benzene ring substituents is 1. The number of benzene rings is 3. The molecule has 0 saturated carbocycles. The van der Waals surface area contributed by atoms with Crippen LogP contribution in [0.3, 0.4) is 0 Å². The van der Waals surface area contributed by atoms with E-state index in [1.807, 2.05) is 36.4 Å². The van der Waals surface area contributed by atoms with Gasteiger partial charge in [0.05, 0.1) is 28.4 Å². The number of carbonyl (C=O) groups is 2. The Morgan fingerprint density at radius 2 is 1.85 bits per heavy atom. The highest BCUT2D eigenvalue weighted by atomic mass is 35.5. The molecule has 168 valence electrons. The van der Waals surface area contributed by atoms with Crippen molar-refractivity contribution in [2.75, 3.05) is 23.1 Å². The zero-order chi connectivity index (χ0) is 23.5. The fraction of sp³-hybridized carbons (Fsp3) is 0.130. The lowest BCUT2D eigenvalue weighted by molar-refractivity contribution is -0.384. The maximum absolute atomic E-state index is 12.6. The molecule has 8 nitrogen and oxygen atoms in total. The van der Waals surface area contributed by atoms with Crippen LogP contribution in [0.15, 0.2) is 66.7 Å². The molecule has 0 bridgehead atoms. The molecule has 1 aliphatic heterocycles. The van der Waals surface area contributed by atoms with Gasteiger partial charge >= 0.3 is 0 Å². The predicted octanol–water partition coefficient (Wildman–Crippen LogP) is 5.29. The van der Waals surface area contributed by atoms with Gasteiger partial charge in [0.1, 0.15) is 11.1 Å². The molecule has 33 heavy (non-hydrogen) atoms. The first-order valence-electron chi connectivity index (χ1n) is 9.80. The topological polar surface area (TPSA) is 102 Å². The second kappa shape index (κ2) is 9.51. The number of carbonyl (C=O) groups excluding carboxylic acids is 2. The largest absolute Gasteiger partial charge is 0.497 e. The maximum Gasteiger partial charge on any atom is 0.270 e. The number of anilines is 2. The summed E-state index contributed by atoms with van der Waals surface area (Å²) in [5.41, 5.74) is 2.16. The molecule has 0 aromatic heterocycles. The van der Waals surface area contributed by atoms with E-state index >= 15 is 0 Å². The number of hydrogen-bond donors (Lipinski definition) is 1. The second-order valence-corrected chi connectivity index (χ2v) is 8.60. The zero-order valence-electron chi connectivity index (χ0n) is 17.4. The maximum atomic E-state index is 12.6. The lowest BCUT2D eigenvalue weighted by Crippen LogP contribution is -2.27. The van der Waals surface area contributed by atoms with Crippen LogP contribution < -0.4 is 15.0 Å². The number of nitro groups is 1. The van der Waals surface area contributed by atoms with Gasteiger partial charge in [0.25, 0.3) is 11.6 Å². The fourth-order valence-corrected chi connectivity index (χ4v) is 4.86. The Morgan fingerprint density at radius 3 is 2.45 bits per heavy atom. The molecule has 10 heteroatoms. The van der Waals surface area contributed by atoms with Gasteiger partial charge in [-0.1, -0.05) is 23.7 Å². The molecule has 1 unspecified atom stereocenters. The Kier molecular flexibility index (Phi) is 6.52. The number of non-ortho nitro benzene ring substituents is 1. The lowest BCUT2D eigenvalue weighted by atomic mass is 10.1. The minimum Gasteiger partial charge on any atom is -0.497 e. The summed E-state index contributed by atoms with van der Waals surface area (Å²) >= 11 is 7.56. The Hall–Kier alpha value is -3.56. The molecule has 4 rings (SSSR count). The molecule has 0 spiro atoms. The highest BCUT2D eigenvalue weighted by Crippen LogP contribution is 2.42. The average Bonchev–Trinajstić information content (AvgIpc) is 3.20. The van der Waals surface area contributed by atoms with E-state index in [0.717, 1.165) is 17.3 Å². The van der Waals surface area contributed by atoms with Crippen LogP contribution in [0.5, 0.6) is 5.75 Å². The Labute approximate surface area is 198 Å². The summed E-state index contributed by atoms with van der Waals surface area (Å²) in [7, 11) is 1.59. The van der Waals surface area contributed by atoms with Crippen molar-refractivity contribution in [3.8, 4) is 5.75 Å². The normalized spacial score (nSPS) is 15.4. The van der Waals surface area contributed by atoms with Crippen LogP contribution in [0, 0.1) is 10.1 Å². The fourth-order valence-electron chi connectivity index (χ4n) is 3.42. The summed E-state index contributed by atoms with van der Waals surface area (Å²) in [6.07, 6.45) is 0. The number of halogens is 1. The van der Waals surface area contributed by atoms with E-state index in [4.69, 9.17) is 16.3 Å². The molecule has 3 aromatic carbocycles. The predicted molar refractivity (Wildman–Crippen MR) is 128 cm³/mol. The average molecular weight is 484 g/mol. The first kappa shape index (κ1) is 22.6. The summed E-state index contributed by atoms with van der Waals surface area (Å²) < 4.78 is 5.19. The van der Waals surface area contributed by atoms with E-state index in [0.29, 0.717) is 17.2 Å². The molecule has 1 N–H and O–H groups in total. The highest BCUT2D eigenvalue weighted by molar-refractivity contribution is 8.00. The van der Waals surface area contributed by atoms with Crippen molar-refractivity contribution in [3.05, 3.63) is 93.0 Å². The molecule has 3 aromatic rings. The molecule has 1 fully saturated rings. The van der Waals surface area contributed by atoms with Gasteiger partial charge in [-0.15, -0.1) is 11.8 Å². The Balaban J connectivity index is 1.50. The van der Waals surface area contributed by atoms with E-state index < -0.39 is 10.8 Å². The van der Waals surface area contributed by atoms with E-state index in [-0.39, 0.29) is 27.6 Å². The van der Waals surface area contributed by atoms with Crippen molar-refractivity contribution >= 4 is 52.2 Å². The molecular weight excluding hydrogens is 466 g/mol. The lowest BCUT2D eigenvalue weighted by Gasteiger charge is -2.24. The minimum atomic E-state index is -0.576. The van der Waals surface area contributed by atoms with Crippen molar-refractivity contribution < 1.29 is 19.2 Å². The number of methoxy groups -OCH3 is 1. The van der Waals surface area contributed by atoms with Crippen LogP contribution in [-0.2, 0) is 4.79 Å². The SMILES string of the molecule is COc1ccc(N2C(=O)CSC2c2ccc(NC(=O)c3ccc([N+](=O)[O-])cc3Cl)cc2)cc1. The first-order valence-corrected chi connectivity index (χ1v) is 11.2. The third-order valence-electron chi connectivity index (χ3n) is 5.08. The van der Waals surface area contributed by atoms with Gasteiger partial charge in [-0.2, -0.15) is 0 Å². The first-order chi connectivity index (χ1) is 15.9. The zero-order valence-corrected chi connectivity index (χ0v) is 18.9. The molecular formula is C23H18ClN3O5S. The quantitative estimate of drug-likeness (QED) is 0.377. The van der Waals surface area contributed by atoms with Gasteiger partial charge in [-0.25, -0.2) is 0 Å². The van der Waals surface area contributed by atoms with Gasteiger partial charge in [-0.3, -0.25) is 24.6 Å². The number of rotatable bonds is 6. The summed E-state index contributed by atoms with van der Waals surface area (Å²) in [5, 5.41) is 13.4. The van der Waals surface area contributed by atoms with Gasteiger partial charge in [0.2, 0.25) is 5.91 Å². The van der Waals surface area contributed by atoms with Crippen molar-refractivity contribution in [2.24, 2.45) is 0 Å². The smallest absolute Gasteiger partial charge is 0.270 e. The van der Waals surface area contributed by atoms with Gasteiger partial charge in [0.15, 0.2) is 0 Å². The summed E-state index contributed by atoms with van der Waals surface area (Å²) in [5.74, 6) is 0.615. The molecule has 1 atom stereocenters. The minimum absolute atomic E-state index is 0.00526. The van der Waals surface area contributed by atoms with Gasteiger partial charge in [-0.05, 0) is 48.0 Å². The molecule has 1 saturated heterocycles. The van der Waals surface area contributed by atoms with E-state index in [2.05, 4.69) is 5.32 Å². The standard InChI is InChI=1S/C23H18ClN3O5S/c1-32-18-9-6-16(7-10-18)26-21(28)13-33-23(26)14-2-4-15(5-3-14)25-22(29)19-11-8-17(27(30)31)12-20(19)24/h2-12,23H,13H2,1H3,(H,25,29). The van der Waals surface area contributed by atoms with Crippen LogP contribution in [0.1, 0.15) is 21.3 Å². The summed E-state index contributed by atoms with van der Waals surface area (Å²) in [6, 6.07) is 18.2. The molecule has 1 aliphatic rings. The van der Waals surface area contributed by atoms with Crippen LogP contribution in [-0.4, -0.2) is 29.6 Å². The van der Waals surface area contributed by atoms with Gasteiger partial charge in [0, 0.05) is 23.5 Å². The summed E-state index contributed by atoms with van der Waals surface area (Å²) in [6.45, 7) is 0. The number of thioether (sulfide) groups is 1. The third-order valence-corrected chi connectivity index (χ3v) is 6.61. The van der Waals surface area contributed by atoms with E-state index in [1.54, 1.807) is 24.1 Å². The molecule has 0 aliphatic carbocycles. The number of nitrogens with zero attached hydrogens (tertiary/aromatic N) is 2. The number of amides is 2. The Morgan fingerprint density at radius 1 is 1.15 bits per heavy atom. The van der Waals surface area contributed by atoms with Gasteiger partial charge < -0.3 is 10.1 Å². The van der Waals surface area contributed by atoms with Crippen molar-refractivity contribution in [1.82, 2.24) is 0 Å². The van der Waals surface area contributed by atoms with E-state index in [1.165, 1.54) is 23.9 Å². The highest BCUT2D eigenvalue weighted by Gasteiger charge is 2.34. The molecule has 2 amide bonds.